The molecule has 1 fully saturated rings. The second-order valence-corrected chi connectivity index (χ2v) is 4.54. The Morgan fingerprint density at radius 2 is 2.32 bits per heavy atom. The van der Waals surface area contributed by atoms with Crippen LogP contribution >= 0.6 is 0 Å². The summed E-state index contributed by atoms with van der Waals surface area (Å²) < 4.78 is 0. The van der Waals surface area contributed by atoms with Crippen LogP contribution < -0.4 is 0 Å². The topological polar surface area (TPSA) is 87.2 Å². The van der Waals surface area contributed by atoms with Crippen LogP contribution in [0.25, 0.3) is 0 Å². The lowest BCUT2D eigenvalue weighted by atomic mass is 10.1. The molecule has 0 aromatic heterocycles. The largest absolute Gasteiger partial charge is 0.323 e. The van der Waals surface area contributed by atoms with E-state index in [-0.39, 0.29) is 17.2 Å². The molecule has 1 aromatic rings. The molecule has 0 radical (unpaired) electrons. The summed E-state index contributed by atoms with van der Waals surface area (Å²) in [7, 11) is 0. The molecule has 1 amide bonds. The second-order valence-electron chi connectivity index (χ2n) is 4.54. The molecule has 1 saturated heterocycles. The number of likely N-dealkylation sites (tertiary alicyclic amines) is 1. The minimum absolute atomic E-state index is 0.0708. The van der Waals surface area contributed by atoms with Gasteiger partial charge in [-0.15, -0.1) is 0 Å². The first kappa shape index (κ1) is 13.0. The molecule has 1 aliphatic rings. The molecule has 0 bridgehead atoms. The van der Waals surface area contributed by atoms with Gasteiger partial charge in [0.05, 0.1) is 11.0 Å². The summed E-state index contributed by atoms with van der Waals surface area (Å²) in [6.07, 6.45) is 1.45. The molecule has 2 rings (SSSR count). The number of hydrogen-bond donors (Lipinski definition) is 0. The lowest BCUT2D eigenvalue weighted by Crippen LogP contribution is -2.34. The number of hydrogen-bond acceptors (Lipinski definition) is 4. The number of amides is 1. The SMILES string of the molecule is Cc1ccc(C(=O)N2CCCC2C#N)cc1[N+](=O)[O-]. The Morgan fingerprint density at radius 1 is 1.58 bits per heavy atom. The molecule has 1 unspecified atom stereocenters. The number of nitrogens with zero attached hydrogens (tertiary/aromatic N) is 3. The number of carbonyl (C=O) groups excluding carboxylic acids is 1. The zero-order valence-electron chi connectivity index (χ0n) is 10.5. The van der Waals surface area contributed by atoms with Crippen molar-refractivity contribution < 1.29 is 9.72 Å². The number of rotatable bonds is 2. The van der Waals surface area contributed by atoms with Crippen molar-refractivity contribution in [2.45, 2.75) is 25.8 Å². The molecule has 1 atom stereocenters. The quantitative estimate of drug-likeness (QED) is 0.600. The highest BCUT2D eigenvalue weighted by Crippen LogP contribution is 2.23. The zero-order valence-corrected chi connectivity index (χ0v) is 10.5. The predicted octanol–water partition coefficient (Wildman–Crippen LogP) is 2.03. The van der Waals surface area contributed by atoms with Gasteiger partial charge in [0.25, 0.3) is 11.6 Å². The number of nitro benzene ring substituents is 1. The minimum Gasteiger partial charge on any atom is -0.323 e. The molecule has 1 heterocycles. The first-order valence-corrected chi connectivity index (χ1v) is 6.00. The van der Waals surface area contributed by atoms with E-state index < -0.39 is 11.0 Å². The fourth-order valence-electron chi connectivity index (χ4n) is 2.25. The third-order valence-corrected chi connectivity index (χ3v) is 3.32. The van der Waals surface area contributed by atoms with E-state index in [1.165, 1.54) is 11.0 Å². The van der Waals surface area contributed by atoms with Crippen LogP contribution in [0.5, 0.6) is 0 Å². The van der Waals surface area contributed by atoms with Crippen LogP contribution in [0.3, 0.4) is 0 Å². The van der Waals surface area contributed by atoms with E-state index in [2.05, 4.69) is 6.07 Å². The van der Waals surface area contributed by atoms with Crippen molar-refractivity contribution in [3.8, 4) is 6.07 Å². The highest BCUT2D eigenvalue weighted by molar-refractivity contribution is 5.95. The van der Waals surface area contributed by atoms with Gasteiger partial charge in [-0.3, -0.25) is 14.9 Å². The van der Waals surface area contributed by atoms with Crippen molar-refractivity contribution in [1.29, 1.82) is 5.26 Å². The lowest BCUT2D eigenvalue weighted by Gasteiger charge is -2.19. The lowest BCUT2D eigenvalue weighted by molar-refractivity contribution is -0.385. The molecule has 6 nitrogen and oxygen atoms in total. The maximum atomic E-state index is 12.3. The normalized spacial score (nSPS) is 18.1. The number of nitro groups is 1. The fourth-order valence-corrected chi connectivity index (χ4v) is 2.25. The maximum Gasteiger partial charge on any atom is 0.273 e. The van der Waals surface area contributed by atoms with E-state index in [1.54, 1.807) is 19.1 Å². The number of aryl methyl sites for hydroxylation is 1. The van der Waals surface area contributed by atoms with Gasteiger partial charge >= 0.3 is 0 Å². The highest BCUT2D eigenvalue weighted by Gasteiger charge is 2.30. The van der Waals surface area contributed by atoms with Crippen LogP contribution in [0.4, 0.5) is 5.69 Å². The molecule has 6 heteroatoms. The highest BCUT2D eigenvalue weighted by atomic mass is 16.6. The van der Waals surface area contributed by atoms with E-state index in [0.29, 0.717) is 18.5 Å². The first-order chi connectivity index (χ1) is 9.04. The molecule has 0 N–H and O–H groups in total. The summed E-state index contributed by atoms with van der Waals surface area (Å²) >= 11 is 0. The van der Waals surface area contributed by atoms with Gasteiger partial charge in [-0.25, -0.2) is 0 Å². The summed E-state index contributed by atoms with van der Waals surface area (Å²) in [4.78, 5) is 24.1. The predicted molar refractivity (Wildman–Crippen MR) is 67.5 cm³/mol. The van der Waals surface area contributed by atoms with Crippen LogP contribution in [-0.4, -0.2) is 28.3 Å². The summed E-state index contributed by atoms with van der Waals surface area (Å²) in [5.74, 6) is -0.313. The summed E-state index contributed by atoms with van der Waals surface area (Å²) in [6, 6.07) is 6.07. The minimum atomic E-state index is -0.502. The van der Waals surface area contributed by atoms with E-state index in [1.807, 2.05) is 0 Å². The van der Waals surface area contributed by atoms with E-state index in [9.17, 15) is 14.9 Å². The number of carbonyl (C=O) groups is 1. The molecular formula is C13H13N3O3. The van der Waals surface area contributed by atoms with Crippen molar-refractivity contribution in [1.82, 2.24) is 4.90 Å². The van der Waals surface area contributed by atoms with Crippen molar-refractivity contribution in [3.05, 3.63) is 39.4 Å². The summed E-state index contributed by atoms with van der Waals surface area (Å²) in [5.41, 5.74) is 0.706. The first-order valence-electron chi connectivity index (χ1n) is 6.00. The Hall–Kier alpha value is -2.42. The molecule has 19 heavy (non-hydrogen) atoms. The average molecular weight is 259 g/mol. The standard InChI is InChI=1S/C13H13N3O3/c1-9-4-5-10(7-12(9)16(18)19)13(17)15-6-2-3-11(15)8-14/h4-5,7,11H,2-3,6H2,1H3. The van der Waals surface area contributed by atoms with Gasteiger partial charge in [-0.2, -0.15) is 5.26 Å². The van der Waals surface area contributed by atoms with Gasteiger partial charge in [-0.1, -0.05) is 6.07 Å². The smallest absolute Gasteiger partial charge is 0.273 e. The molecular weight excluding hydrogens is 246 g/mol. The second kappa shape index (κ2) is 5.06. The maximum absolute atomic E-state index is 12.3. The Morgan fingerprint density at radius 3 is 2.95 bits per heavy atom. The average Bonchev–Trinajstić information content (AvgIpc) is 2.86. The molecule has 0 saturated carbocycles. The van der Waals surface area contributed by atoms with Crippen molar-refractivity contribution in [2.24, 2.45) is 0 Å². The monoisotopic (exact) mass is 259 g/mol. The van der Waals surface area contributed by atoms with Gasteiger partial charge in [0.1, 0.15) is 6.04 Å². The van der Waals surface area contributed by atoms with Gasteiger partial charge in [0.2, 0.25) is 0 Å². The van der Waals surface area contributed by atoms with E-state index >= 15 is 0 Å². The van der Waals surface area contributed by atoms with Crippen molar-refractivity contribution in [3.63, 3.8) is 0 Å². The van der Waals surface area contributed by atoms with Crippen LogP contribution in [0.2, 0.25) is 0 Å². The van der Waals surface area contributed by atoms with Gasteiger partial charge < -0.3 is 4.90 Å². The Balaban J connectivity index is 2.32. The molecule has 0 spiro atoms. The molecule has 1 aliphatic heterocycles. The third-order valence-electron chi connectivity index (χ3n) is 3.32. The van der Waals surface area contributed by atoms with Crippen molar-refractivity contribution >= 4 is 11.6 Å². The number of benzene rings is 1. The van der Waals surface area contributed by atoms with Gasteiger partial charge in [-0.05, 0) is 25.8 Å². The van der Waals surface area contributed by atoms with Crippen LogP contribution in [0, 0.1) is 28.4 Å². The summed E-state index contributed by atoms with van der Waals surface area (Å²) in [6.45, 7) is 2.15. The van der Waals surface area contributed by atoms with Crippen LogP contribution in [0.15, 0.2) is 18.2 Å². The van der Waals surface area contributed by atoms with Gasteiger partial charge in [0, 0.05) is 23.7 Å². The Labute approximate surface area is 110 Å². The molecule has 1 aromatic carbocycles. The Kier molecular flexibility index (Phi) is 3.47. The van der Waals surface area contributed by atoms with E-state index in [0.717, 1.165) is 6.42 Å². The van der Waals surface area contributed by atoms with Gasteiger partial charge in [0.15, 0.2) is 0 Å². The molecule has 98 valence electrons. The van der Waals surface area contributed by atoms with E-state index in [4.69, 9.17) is 5.26 Å². The summed E-state index contributed by atoms with van der Waals surface area (Å²) in [5, 5.41) is 19.8. The third kappa shape index (κ3) is 2.40. The van der Waals surface area contributed by atoms with Crippen molar-refractivity contribution in [2.75, 3.05) is 6.54 Å². The van der Waals surface area contributed by atoms with Crippen LogP contribution in [0.1, 0.15) is 28.8 Å². The fraction of sp³-hybridized carbons (Fsp3) is 0.385. The zero-order chi connectivity index (χ0) is 14.0. The Bertz CT molecular complexity index is 577. The van der Waals surface area contributed by atoms with Crippen LogP contribution in [-0.2, 0) is 0 Å². The molecule has 0 aliphatic carbocycles. The number of nitriles is 1.